The minimum Gasteiger partial charge on any atom is -0.458 e. The van der Waals surface area contributed by atoms with E-state index < -0.39 is 42.1 Å². The SMILES string of the molecule is C=C(CO)C(=O)OC1C2C(=C)C(=O)OC2CC(C)C2C=CC(=O)C21C. The first kappa shape index (κ1) is 17.6. The summed E-state index contributed by atoms with van der Waals surface area (Å²) in [5, 5.41) is 9.14. The van der Waals surface area contributed by atoms with Crippen molar-refractivity contribution in [2.24, 2.45) is 23.2 Å². The van der Waals surface area contributed by atoms with Crippen LogP contribution in [0.1, 0.15) is 20.3 Å². The first-order chi connectivity index (χ1) is 11.7. The molecule has 6 heteroatoms. The zero-order valence-electron chi connectivity index (χ0n) is 14.4. The Kier molecular flexibility index (Phi) is 4.19. The van der Waals surface area contributed by atoms with E-state index in [0.29, 0.717) is 6.42 Å². The van der Waals surface area contributed by atoms with Gasteiger partial charge < -0.3 is 14.6 Å². The van der Waals surface area contributed by atoms with Crippen LogP contribution < -0.4 is 0 Å². The molecule has 0 bridgehead atoms. The largest absolute Gasteiger partial charge is 0.458 e. The number of aliphatic hydroxyl groups is 1. The summed E-state index contributed by atoms with van der Waals surface area (Å²) in [6.07, 6.45) is 2.52. The molecule has 6 unspecified atom stereocenters. The van der Waals surface area contributed by atoms with Crippen molar-refractivity contribution in [1.82, 2.24) is 0 Å². The Bertz CT molecular complexity index is 705. The van der Waals surface area contributed by atoms with Crippen LogP contribution in [-0.4, -0.2) is 41.6 Å². The molecule has 2 fully saturated rings. The first-order valence-corrected chi connectivity index (χ1v) is 8.33. The molecule has 1 aliphatic heterocycles. The Hall–Kier alpha value is -2.21. The second-order valence-electron chi connectivity index (χ2n) is 7.33. The lowest BCUT2D eigenvalue weighted by molar-refractivity contribution is -0.161. The van der Waals surface area contributed by atoms with E-state index in [2.05, 4.69) is 13.2 Å². The van der Waals surface area contributed by atoms with Crippen molar-refractivity contribution in [3.05, 3.63) is 36.5 Å². The summed E-state index contributed by atoms with van der Waals surface area (Å²) in [6, 6.07) is 0. The molecule has 0 aromatic carbocycles. The molecule has 0 radical (unpaired) electrons. The van der Waals surface area contributed by atoms with Crippen molar-refractivity contribution < 1.29 is 29.0 Å². The lowest BCUT2D eigenvalue weighted by Crippen LogP contribution is -2.49. The normalized spacial score (nSPS) is 39.5. The number of carbonyl (C=O) groups is 3. The van der Waals surface area contributed by atoms with Gasteiger partial charge in [-0.2, -0.15) is 0 Å². The average molecular weight is 346 g/mol. The van der Waals surface area contributed by atoms with E-state index in [1.807, 2.05) is 13.0 Å². The van der Waals surface area contributed by atoms with E-state index in [1.54, 1.807) is 6.92 Å². The average Bonchev–Trinajstić information content (AvgIpc) is 2.99. The molecular weight excluding hydrogens is 324 g/mol. The van der Waals surface area contributed by atoms with Crippen LogP contribution in [0.4, 0.5) is 0 Å². The Labute approximate surface area is 146 Å². The van der Waals surface area contributed by atoms with Crippen molar-refractivity contribution in [1.29, 1.82) is 0 Å². The van der Waals surface area contributed by atoms with Gasteiger partial charge in [0, 0.05) is 5.57 Å². The second kappa shape index (κ2) is 5.95. The molecule has 1 saturated heterocycles. The Morgan fingerprint density at radius 2 is 2.16 bits per heavy atom. The van der Waals surface area contributed by atoms with E-state index in [-0.39, 0.29) is 28.8 Å². The first-order valence-electron chi connectivity index (χ1n) is 8.33. The predicted octanol–water partition coefficient (Wildman–Crippen LogP) is 1.35. The van der Waals surface area contributed by atoms with Gasteiger partial charge in [0.2, 0.25) is 0 Å². The summed E-state index contributed by atoms with van der Waals surface area (Å²) in [7, 11) is 0. The number of fused-ring (bicyclic) bond motifs is 2. The lowest BCUT2D eigenvalue weighted by atomic mass is 9.67. The molecule has 0 spiro atoms. The van der Waals surface area contributed by atoms with E-state index in [4.69, 9.17) is 14.6 Å². The van der Waals surface area contributed by atoms with Crippen molar-refractivity contribution in [2.45, 2.75) is 32.5 Å². The van der Waals surface area contributed by atoms with E-state index in [0.717, 1.165) is 0 Å². The van der Waals surface area contributed by atoms with Gasteiger partial charge in [-0.15, -0.1) is 0 Å². The molecule has 1 saturated carbocycles. The van der Waals surface area contributed by atoms with Gasteiger partial charge in [-0.1, -0.05) is 26.2 Å². The third-order valence-corrected chi connectivity index (χ3v) is 5.85. The molecule has 25 heavy (non-hydrogen) atoms. The topological polar surface area (TPSA) is 89.9 Å². The quantitative estimate of drug-likeness (QED) is 0.613. The molecule has 1 N–H and O–H groups in total. The van der Waals surface area contributed by atoms with Gasteiger partial charge in [-0.25, -0.2) is 9.59 Å². The molecule has 6 nitrogen and oxygen atoms in total. The number of hydrogen-bond acceptors (Lipinski definition) is 6. The van der Waals surface area contributed by atoms with Crippen LogP contribution in [0, 0.1) is 23.2 Å². The monoisotopic (exact) mass is 346 g/mol. The van der Waals surface area contributed by atoms with Crippen molar-refractivity contribution in [3.63, 3.8) is 0 Å². The summed E-state index contributed by atoms with van der Waals surface area (Å²) < 4.78 is 11.1. The van der Waals surface area contributed by atoms with Gasteiger partial charge in [0.25, 0.3) is 0 Å². The third kappa shape index (κ3) is 2.47. The number of rotatable bonds is 3. The summed E-state index contributed by atoms with van der Waals surface area (Å²) in [5.74, 6) is -2.13. The van der Waals surface area contributed by atoms with E-state index in [1.165, 1.54) is 6.08 Å². The highest BCUT2D eigenvalue weighted by Crippen LogP contribution is 2.54. The summed E-state index contributed by atoms with van der Waals surface area (Å²) in [5.41, 5.74) is -0.907. The van der Waals surface area contributed by atoms with Gasteiger partial charge in [0.1, 0.15) is 12.2 Å². The fraction of sp³-hybridized carbons (Fsp3) is 0.526. The van der Waals surface area contributed by atoms with Crippen LogP contribution in [-0.2, 0) is 23.9 Å². The highest BCUT2D eigenvalue weighted by atomic mass is 16.6. The summed E-state index contributed by atoms with van der Waals surface area (Å²) in [4.78, 5) is 37.1. The summed E-state index contributed by atoms with van der Waals surface area (Å²) >= 11 is 0. The van der Waals surface area contributed by atoms with E-state index >= 15 is 0 Å². The zero-order chi connectivity index (χ0) is 18.5. The summed E-state index contributed by atoms with van der Waals surface area (Å²) in [6.45, 7) is 10.5. The number of ether oxygens (including phenoxy) is 2. The molecule has 0 aromatic heterocycles. The third-order valence-electron chi connectivity index (χ3n) is 5.85. The fourth-order valence-corrected chi connectivity index (χ4v) is 4.41. The molecule has 1 heterocycles. The van der Waals surface area contributed by atoms with Gasteiger partial charge in [-0.3, -0.25) is 4.79 Å². The molecule has 134 valence electrons. The number of ketones is 1. The lowest BCUT2D eigenvalue weighted by Gasteiger charge is -2.39. The van der Waals surface area contributed by atoms with Crippen LogP contribution in [0.3, 0.4) is 0 Å². The zero-order valence-corrected chi connectivity index (χ0v) is 14.4. The number of esters is 2. The molecule has 2 aliphatic carbocycles. The molecule has 6 atom stereocenters. The molecular formula is C19H22O6. The van der Waals surface area contributed by atoms with Gasteiger partial charge in [0.05, 0.1) is 23.5 Å². The van der Waals surface area contributed by atoms with Crippen molar-refractivity contribution >= 4 is 17.7 Å². The number of hydrogen-bond donors (Lipinski definition) is 1. The molecule has 0 aromatic rings. The van der Waals surface area contributed by atoms with Crippen molar-refractivity contribution in [3.8, 4) is 0 Å². The molecule has 3 rings (SSSR count). The number of carbonyl (C=O) groups excluding carboxylic acids is 3. The van der Waals surface area contributed by atoms with Gasteiger partial charge in [0.15, 0.2) is 5.78 Å². The van der Waals surface area contributed by atoms with Crippen molar-refractivity contribution in [2.75, 3.05) is 6.61 Å². The Morgan fingerprint density at radius 3 is 2.80 bits per heavy atom. The predicted molar refractivity (Wildman–Crippen MR) is 88.1 cm³/mol. The highest BCUT2D eigenvalue weighted by Gasteiger charge is 2.62. The standard InChI is InChI=1S/C19H22O6/c1-9-7-13-15(11(3)18(23)24-13)16(25-17(22)10(2)8-20)19(4)12(9)5-6-14(19)21/h5-6,9,12-13,15-16,20H,2-3,7-8H2,1,4H3. The Morgan fingerprint density at radius 1 is 1.48 bits per heavy atom. The van der Waals surface area contributed by atoms with Gasteiger partial charge >= 0.3 is 11.9 Å². The van der Waals surface area contributed by atoms with Crippen LogP contribution >= 0.6 is 0 Å². The van der Waals surface area contributed by atoms with Crippen LogP contribution in [0.25, 0.3) is 0 Å². The maximum absolute atomic E-state index is 12.7. The smallest absolute Gasteiger partial charge is 0.336 e. The fourth-order valence-electron chi connectivity index (χ4n) is 4.41. The maximum atomic E-state index is 12.7. The van der Waals surface area contributed by atoms with E-state index in [9.17, 15) is 14.4 Å². The van der Waals surface area contributed by atoms with Gasteiger partial charge in [-0.05, 0) is 31.3 Å². The second-order valence-corrected chi connectivity index (χ2v) is 7.33. The molecule has 3 aliphatic rings. The number of allylic oxidation sites excluding steroid dienone is 2. The number of aliphatic hydroxyl groups excluding tert-OH is 1. The van der Waals surface area contributed by atoms with Crippen LogP contribution in [0.2, 0.25) is 0 Å². The van der Waals surface area contributed by atoms with Crippen LogP contribution in [0.5, 0.6) is 0 Å². The van der Waals surface area contributed by atoms with Crippen LogP contribution in [0.15, 0.2) is 36.5 Å². The Balaban J connectivity index is 2.07. The minimum absolute atomic E-state index is 0.0589. The minimum atomic E-state index is -1.01. The maximum Gasteiger partial charge on any atom is 0.336 e. The molecule has 0 amide bonds. The highest BCUT2D eigenvalue weighted by molar-refractivity contribution is 5.99.